The number of hydrogen-bond acceptors (Lipinski definition) is 1. The number of nitrogens with one attached hydrogen (secondary N) is 1. The van der Waals surface area contributed by atoms with Gasteiger partial charge in [-0.1, -0.05) is 12.1 Å². The fourth-order valence-corrected chi connectivity index (χ4v) is 2.36. The summed E-state index contributed by atoms with van der Waals surface area (Å²) in [5.74, 6) is -0.255. The Bertz CT molecular complexity index is 595. The molecule has 0 spiro atoms. The molecule has 0 fully saturated rings. The predicted octanol–water partition coefficient (Wildman–Crippen LogP) is 1.85. The second kappa shape index (κ2) is 3.87. The van der Waals surface area contributed by atoms with Crippen LogP contribution in [0.2, 0.25) is 0 Å². The molecule has 1 aliphatic rings. The number of aromatic amines is 1. The molecule has 0 radical (unpaired) electrons. The van der Waals surface area contributed by atoms with E-state index in [1.54, 1.807) is 16.8 Å². The number of H-pyrrole nitrogens is 1. The molecule has 4 heteroatoms. The Hall–Kier alpha value is -1.84. The third-order valence-electron chi connectivity index (χ3n) is 3.25. The van der Waals surface area contributed by atoms with Crippen molar-refractivity contribution >= 4 is 0 Å². The van der Waals surface area contributed by atoms with E-state index in [2.05, 4.69) is 5.10 Å². The number of hydrogen-bond donors (Lipinski definition) is 1. The van der Waals surface area contributed by atoms with Crippen LogP contribution in [0.1, 0.15) is 23.2 Å². The van der Waals surface area contributed by atoms with Gasteiger partial charge in [-0.2, -0.15) is 0 Å². The van der Waals surface area contributed by atoms with E-state index in [9.17, 15) is 9.18 Å². The van der Waals surface area contributed by atoms with Gasteiger partial charge in [0.25, 0.3) is 5.56 Å². The third-order valence-corrected chi connectivity index (χ3v) is 3.25. The largest absolute Gasteiger partial charge is 0.299 e. The van der Waals surface area contributed by atoms with Crippen LogP contribution in [0.25, 0.3) is 0 Å². The molecule has 0 atom stereocenters. The first-order valence-electron chi connectivity index (χ1n) is 5.79. The summed E-state index contributed by atoms with van der Waals surface area (Å²) in [6, 6.07) is 6.23. The standard InChI is InChI=1S/C13H13FN2O/c14-10-6-4-9(5-7-10)8-16-13(17)11-2-1-3-12(11)15-16/h4-7,15H,1-3,8H2. The number of rotatable bonds is 2. The normalized spacial score (nSPS) is 13.9. The maximum Gasteiger partial charge on any atom is 0.270 e. The summed E-state index contributed by atoms with van der Waals surface area (Å²) in [5, 5.41) is 3.14. The van der Waals surface area contributed by atoms with Gasteiger partial charge in [0.2, 0.25) is 0 Å². The van der Waals surface area contributed by atoms with Gasteiger partial charge in [-0.25, -0.2) is 9.07 Å². The summed E-state index contributed by atoms with van der Waals surface area (Å²) in [6.45, 7) is 0.478. The lowest BCUT2D eigenvalue weighted by Gasteiger charge is -2.02. The van der Waals surface area contributed by atoms with E-state index in [0.29, 0.717) is 6.54 Å². The molecule has 0 saturated carbocycles. The molecule has 17 heavy (non-hydrogen) atoms. The summed E-state index contributed by atoms with van der Waals surface area (Å²) in [6.07, 6.45) is 2.90. The Labute approximate surface area is 97.9 Å². The van der Waals surface area contributed by atoms with Crippen LogP contribution in [-0.4, -0.2) is 9.78 Å². The molecule has 1 aliphatic carbocycles. The number of fused-ring (bicyclic) bond motifs is 1. The lowest BCUT2D eigenvalue weighted by molar-refractivity contribution is 0.620. The molecule has 1 aromatic carbocycles. The number of aryl methyl sites for hydroxylation is 1. The van der Waals surface area contributed by atoms with Gasteiger partial charge in [0.15, 0.2) is 0 Å². The highest BCUT2D eigenvalue weighted by Crippen LogP contribution is 2.16. The first-order valence-corrected chi connectivity index (χ1v) is 5.79. The van der Waals surface area contributed by atoms with E-state index in [-0.39, 0.29) is 11.4 Å². The number of nitrogens with zero attached hydrogens (tertiary/aromatic N) is 1. The minimum absolute atomic E-state index is 0.0711. The van der Waals surface area contributed by atoms with Crippen LogP contribution >= 0.6 is 0 Å². The Kier molecular flexibility index (Phi) is 2.35. The first kappa shape index (κ1) is 10.3. The van der Waals surface area contributed by atoms with E-state index in [0.717, 1.165) is 36.1 Å². The highest BCUT2D eigenvalue weighted by atomic mass is 19.1. The molecule has 1 N–H and O–H groups in total. The average Bonchev–Trinajstić information content (AvgIpc) is 2.87. The molecule has 1 heterocycles. The molecule has 88 valence electrons. The zero-order valence-corrected chi connectivity index (χ0v) is 9.37. The summed E-state index contributed by atoms with van der Waals surface area (Å²) in [5.41, 5.74) is 2.99. The van der Waals surface area contributed by atoms with Crippen molar-refractivity contribution < 1.29 is 4.39 Å². The fraction of sp³-hybridized carbons (Fsp3) is 0.308. The number of aromatic nitrogens is 2. The highest BCUT2D eigenvalue weighted by Gasteiger charge is 2.18. The third kappa shape index (κ3) is 1.79. The Morgan fingerprint density at radius 1 is 1.24 bits per heavy atom. The van der Waals surface area contributed by atoms with Crippen molar-refractivity contribution in [2.24, 2.45) is 0 Å². The summed E-state index contributed by atoms with van der Waals surface area (Å²) < 4.78 is 14.4. The molecule has 0 saturated heterocycles. The van der Waals surface area contributed by atoms with Crippen molar-refractivity contribution in [1.82, 2.24) is 9.78 Å². The van der Waals surface area contributed by atoms with Gasteiger partial charge in [-0.05, 0) is 37.0 Å². The molecule has 2 aromatic rings. The van der Waals surface area contributed by atoms with Gasteiger partial charge in [-0.15, -0.1) is 0 Å². The van der Waals surface area contributed by atoms with Gasteiger partial charge in [0, 0.05) is 11.3 Å². The molecule has 0 bridgehead atoms. The molecule has 3 nitrogen and oxygen atoms in total. The van der Waals surface area contributed by atoms with E-state index < -0.39 is 0 Å². The summed E-state index contributed by atoms with van der Waals surface area (Å²) in [7, 11) is 0. The predicted molar refractivity (Wildman–Crippen MR) is 62.6 cm³/mol. The molecular weight excluding hydrogens is 219 g/mol. The molecule has 0 unspecified atom stereocenters. The smallest absolute Gasteiger partial charge is 0.270 e. The van der Waals surface area contributed by atoms with Crippen LogP contribution < -0.4 is 5.56 Å². The number of benzene rings is 1. The van der Waals surface area contributed by atoms with Gasteiger partial charge >= 0.3 is 0 Å². The van der Waals surface area contributed by atoms with Crippen molar-refractivity contribution in [2.45, 2.75) is 25.8 Å². The summed E-state index contributed by atoms with van der Waals surface area (Å²) in [4.78, 5) is 12.0. The SMILES string of the molecule is O=c1c2c([nH]n1Cc1ccc(F)cc1)CCC2. The van der Waals surface area contributed by atoms with E-state index in [1.807, 2.05) is 0 Å². The van der Waals surface area contributed by atoms with Gasteiger partial charge in [-0.3, -0.25) is 9.89 Å². The van der Waals surface area contributed by atoms with Crippen molar-refractivity contribution in [3.63, 3.8) is 0 Å². The van der Waals surface area contributed by atoms with E-state index in [4.69, 9.17) is 0 Å². The molecular formula is C13H13FN2O. The first-order chi connectivity index (χ1) is 8.24. The van der Waals surface area contributed by atoms with Crippen LogP contribution in [-0.2, 0) is 19.4 Å². The quantitative estimate of drug-likeness (QED) is 0.843. The van der Waals surface area contributed by atoms with Crippen molar-refractivity contribution in [1.29, 1.82) is 0 Å². The maximum atomic E-state index is 12.8. The number of halogens is 1. The van der Waals surface area contributed by atoms with Crippen LogP contribution in [0, 0.1) is 5.82 Å². The molecule has 3 rings (SSSR count). The van der Waals surface area contributed by atoms with Crippen LogP contribution in [0.4, 0.5) is 4.39 Å². The van der Waals surface area contributed by atoms with Crippen molar-refractivity contribution in [3.05, 3.63) is 57.3 Å². The lowest BCUT2D eigenvalue weighted by Crippen LogP contribution is -2.19. The minimum atomic E-state index is -0.255. The van der Waals surface area contributed by atoms with Crippen LogP contribution in [0.3, 0.4) is 0 Å². The van der Waals surface area contributed by atoms with Crippen LogP contribution in [0.5, 0.6) is 0 Å². The maximum absolute atomic E-state index is 12.8. The summed E-state index contributed by atoms with van der Waals surface area (Å²) >= 11 is 0. The molecule has 1 aromatic heterocycles. The highest BCUT2D eigenvalue weighted by molar-refractivity contribution is 5.23. The van der Waals surface area contributed by atoms with Gasteiger partial charge in [0.05, 0.1) is 6.54 Å². The van der Waals surface area contributed by atoms with Gasteiger partial charge < -0.3 is 0 Å². The van der Waals surface area contributed by atoms with Crippen molar-refractivity contribution in [3.8, 4) is 0 Å². The Balaban J connectivity index is 1.91. The average molecular weight is 232 g/mol. The Morgan fingerprint density at radius 3 is 2.71 bits per heavy atom. The van der Waals surface area contributed by atoms with Crippen molar-refractivity contribution in [2.75, 3.05) is 0 Å². The second-order valence-corrected chi connectivity index (χ2v) is 4.44. The second-order valence-electron chi connectivity index (χ2n) is 4.44. The Morgan fingerprint density at radius 2 is 2.00 bits per heavy atom. The minimum Gasteiger partial charge on any atom is -0.299 e. The van der Waals surface area contributed by atoms with Crippen LogP contribution in [0.15, 0.2) is 29.1 Å². The lowest BCUT2D eigenvalue weighted by atomic mass is 10.2. The molecule has 0 amide bonds. The monoisotopic (exact) mass is 232 g/mol. The fourth-order valence-electron chi connectivity index (χ4n) is 2.36. The zero-order valence-electron chi connectivity index (χ0n) is 9.37. The zero-order chi connectivity index (χ0) is 11.8. The van der Waals surface area contributed by atoms with E-state index in [1.165, 1.54) is 12.1 Å². The topological polar surface area (TPSA) is 37.8 Å². The molecule has 0 aliphatic heterocycles. The van der Waals surface area contributed by atoms with E-state index >= 15 is 0 Å². The van der Waals surface area contributed by atoms with Gasteiger partial charge in [0.1, 0.15) is 5.82 Å².